The number of benzene rings is 3. The first-order valence-electron chi connectivity index (χ1n) is 29.0. The maximum atomic E-state index is 17.4. The quantitative estimate of drug-likeness (QED) is 0.113. The fourth-order valence-corrected chi connectivity index (χ4v) is 14.8. The van der Waals surface area contributed by atoms with E-state index >= 15 is 8.78 Å². The van der Waals surface area contributed by atoms with Crippen LogP contribution in [-0.2, 0) is 32.5 Å². The van der Waals surface area contributed by atoms with E-state index in [1.54, 1.807) is 29.9 Å². The number of halogens is 2. The maximum Gasteiger partial charge on any atom is 0.409 e. The van der Waals surface area contributed by atoms with Crippen LogP contribution in [0.2, 0.25) is 0 Å². The number of hydrogen-bond donors (Lipinski definition) is 2. The van der Waals surface area contributed by atoms with Gasteiger partial charge in [-0.05, 0) is 161 Å². The summed E-state index contributed by atoms with van der Waals surface area (Å²) in [4.78, 5) is 74.9. The first-order chi connectivity index (χ1) is 38.8. The monoisotopic (exact) mass is 1100 g/mol. The number of likely N-dealkylation sites (tertiary alicyclic amines) is 2. The van der Waals surface area contributed by atoms with Gasteiger partial charge >= 0.3 is 17.8 Å². The van der Waals surface area contributed by atoms with E-state index in [0.29, 0.717) is 97.1 Å². The van der Waals surface area contributed by atoms with Gasteiger partial charge in [0.05, 0.1) is 35.2 Å². The summed E-state index contributed by atoms with van der Waals surface area (Å²) in [6.45, 7) is 10.2. The number of pyridine rings is 1. The van der Waals surface area contributed by atoms with Gasteiger partial charge in [-0.1, -0.05) is 19.1 Å². The Labute approximate surface area is 462 Å². The Hall–Kier alpha value is -6.77. The highest BCUT2D eigenvalue weighted by Gasteiger charge is 2.51. The molecule has 7 fully saturated rings. The molecule has 10 heterocycles. The molecule has 18 nitrogen and oxygen atoms in total. The third-order valence-corrected chi connectivity index (χ3v) is 19.2. The number of imide groups is 1. The van der Waals surface area contributed by atoms with Crippen LogP contribution in [0.1, 0.15) is 107 Å². The molecule has 13 rings (SSSR count). The second kappa shape index (κ2) is 21.0. The molecular formula is C60H70F2N10O8. The summed E-state index contributed by atoms with van der Waals surface area (Å²) in [7, 11) is 1.74. The molecule has 3 amide bonds. The third-order valence-electron chi connectivity index (χ3n) is 19.2. The number of nitrogens with zero attached hydrogens (tertiary/aromatic N) is 9. The molecule has 1 spiro atoms. The molecule has 20 heteroatoms. The van der Waals surface area contributed by atoms with Crippen molar-refractivity contribution in [2.75, 3.05) is 83.7 Å². The van der Waals surface area contributed by atoms with Crippen molar-refractivity contribution in [3.8, 4) is 23.0 Å². The van der Waals surface area contributed by atoms with E-state index in [9.17, 15) is 24.3 Å². The topological polar surface area (TPSA) is 190 Å². The van der Waals surface area contributed by atoms with Gasteiger partial charge in [-0.25, -0.2) is 18.4 Å². The largest absolute Gasteiger partial charge is 0.508 e. The zero-order chi connectivity index (χ0) is 55.0. The molecule has 0 saturated carbocycles. The van der Waals surface area contributed by atoms with Crippen molar-refractivity contribution in [1.29, 1.82) is 0 Å². The highest BCUT2D eigenvalue weighted by molar-refractivity contribution is 6.02. The smallest absolute Gasteiger partial charge is 0.409 e. The van der Waals surface area contributed by atoms with Gasteiger partial charge in [0.15, 0.2) is 5.82 Å². The molecule has 422 valence electrons. The van der Waals surface area contributed by atoms with E-state index in [0.717, 1.165) is 95.9 Å². The number of aryl methyl sites for hydroxylation is 2. The van der Waals surface area contributed by atoms with Crippen LogP contribution >= 0.6 is 0 Å². The predicted molar refractivity (Wildman–Crippen MR) is 296 cm³/mol. The van der Waals surface area contributed by atoms with Crippen molar-refractivity contribution in [1.82, 2.24) is 44.1 Å². The van der Waals surface area contributed by atoms with Crippen LogP contribution in [0, 0.1) is 23.0 Å². The number of carbonyl (C=O) groups is 3. The first kappa shape index (κ1) is 52.6. The number of aromatic hydroxyl groups is 1. The second-order valence-electron chi connectivity index (χ2n) is 24.0. The Morgan fingerprint density at radius 3 is 2.49 bits per heavy atom. The molecule has 3 atom stereocenters. The highest BCUT2D eigenvalue weighted by Crippen LogP contribution is 2.45. The molecule has 7 saturated heterocycles. The number of rotatable bonds is 12. The van der Waals surface area contributed by atoms with Gasteiger partial charge in [0.25, 0.3) is 0 Å². The Bertz CT molecular complexity index is 3500. The molecular weight excluding hydrogens is 1030 g/mol. The molecule has 3 aromatic heterocycles. The van der Waals surface area contributed by atoms with Crippen LogP contribution in [0.25, 0.3) is 44.0 Å². The van der Waals surface area contributed by atoms with Crippen molar-refractivity contribution in [3.05, 3.63) is 81.9 Å². The van der Waals surface area contributed by atoms with Gasteiger partial charge in [0.2, 0.25) is 11.8 Å². The van der Waals surface area contributed by atoms with Crippen molar-refractivity contribution in [2.24, 2.45) is 18.4 Å². The number of piperidine rings is 4. The molecule has 80 heavy (non-hydrogen) atoms. The number of fused-ring (bicyclic) bond motifs is 4. The molecule has 3 aromatic carbocycles. The summed E-state index contributed by atoms with van der Waals surface area (Å²) >= 11 is 0. The fraction of sp³-hybridized carbons (Fsp3) is 0.550. The average molecular weight is 1100 g/mol. The summed E-state index contributed by atoms with van der Waals surface area (Å²) in [5, 5.41) is 14.7. The summed E-state index contributed by atoms with van der Waals surface area (Å²) in [6.07, 6.45) is 11.5. The van der Waals surface area contributed by atoms with Crippen LogP contribution in [0.3, 0.4) is 0 Å². The minimum Gasteiger partial charge on any atom is -0.508 e. The van der Waals surface area contributed by atoms with Crippen molar-refractivity contribution >= 4 is 56.4 Å². The van der Waals surface area contributed by atoms with Crippen LogP contribution in [0.15, 0.2) is 53.5 Å². The minimum absolute atomic E-state index is 0.00324. The lowest BCUT2D eigenvalue weighted by Gasteiger charge is -2.48. The van der Waals surface area contributed by atoms with E-state index in [2.05, 4.69) is 37.1 Å². The number of carbonyl (C=O) groups excluding carboxylic acids is 3. The third kappa shape index (κ3) is 9.41. The van der Waals surface area contributed by atoms with Crippen LogP contribution in [0.5, 0.6) is 11.8 Å². The van der Waals surface area contributed by atoms with Crippen LogP contribution in [0.4, 0.5) is 19.4 Å². The average Bonchev–Trinajstić information content (AvgIpc) is 4.16. The molecule has 2 N–H and O–H groups in total. The predicted octanol–water partition coefficient (Wildman–Crippen LogP) is 7.74. The number of anilines is 1. The summed E-state index contributed by atoms with van der Waals surface area (Å²) in [5.41, 5.74) is 2.77. The second-order valence-corrected chi connectivity index (χ2v) is 24.0. The molecule has 0 bridgehead atoms. The summed E-state index contributed by atoms with van der Waals surface area (Å²) in [5.74, 6) is -0.559. The summed E-state index contributed by atoms with van der Waals surface area (Å²) in [6, 6.07) is 11.5. The molecule has 6 aromatic rings. The van der Waals surface area contributed by atoms with Crippen molar-refractivity contribution in [2.45, 2.75) is 114 Å². The van der Waals surface area contributed by atoms with E-state index in [1.165, 1.54) is 22.3 Å². The Kier molecular flexibility index (Phi) is 13.8. The summed E-state index contributed by atoms with van der Waals surface area (Å²) < 4.78 is 54.2. The number of ether oxygens (including phenoxy) is 3. The number of amides is 3. The molecule has 1 unspecified atom stereocenters. The van der Waals surface area contributed by atoms with Gasteiger partial charge in [0, 0.05) is 69.4 Å². The Morgan fingerprint density at radius 1 is 0.900 bits per heavy atom. The molecule has 0 aliphatic carbocycles. The Morgan fingerprint density at radius 2 is 1.71 bits per heavy atom. The lowest BCUT2D eigenvalue weighted by atomic mass is 9.78. The molecule has 7 aliphatic heterocycles. The van der Waals surface area contributed by atoms with E-state index in [1.807, 2.05) is 17.9 Å². The number of phenols is 1. The lowest BCUT2D eigenvalue weighted by molar-refractivity contribution is -0.135. The number of nitrogens with one attached hydrogen (secondary N) is 1. The van der Waals surface area contributed by atoms with Gasteiger partial charge in [0.1, 0.15) is 47.9 Å². The zero-order valence-corrected chi connectivity index (χ0v) is 45.7. The first-order valence-corrected chi connectivity index (χ1v) is 29.0. The van der Waals surface area contributed by atoms with Gasteiger partial charge in [-0.15, -0.1) is 0 Å². The molecule has 7 aliphatic rings. The molecule has 0 radical (unpaired) electrons. The maximum absolute atomic E-state index is 17.4. The SMILES string of the molecule is CCc1c(F)ccc2cc(O)cc(-c3ncc4c(N5CCCC6(COC6)C5)nc(OC[C@@]56CCCN5[C@H](COC(=O)N5CCC(CN7CCC(c8ccc9c(c8)n(C)c(=O)n9C8CCC(=O)NC8=O)CC7)CC5)CC6)nc4c3F)c12. The van der Waals surface area contributed by atoms with Crippen LogP contribution in [-0.4, -0.2) is 152 Å². The number of aromatic nitrogens is 5. The van der Waals surface area contributed by atoms with Crippen molar-refractivity contribution < 1.29 is 42.5 Å². The highest BCUT2D eigenvalue weighted by atomic mass is 19.1. The van der Waals surface area contributed by atoms with E-state index in [-0.39, 0.29) is 82.9 Å². The van der Waals surface area contributed by atoms with Gasteiger partial charge < -0.3 is 34.0 Å². The van der Waals surface area contributed by atoms with Gasteiger partial charge in [-0.2, -0.15) is 9.97 Å². The lowest BCUT2D eigenvalue weighted by Crippen LogP contribution is -2.54. The van der Waals surface area contributed by atoms with E-state index in [4.69, 9.17) is 24.2 Å². The number of imidazole rings is 1. The number of phenolic OH excluding ortho intramolecular Hbond substituents is 1. The zero-order valence-electron chi connectivity index (χ0n) is 45.7. The van der Waals surface area contributed by atoms with Crippen molar-refractivity contribution in [3.63, 3.8) is 0 Å². The standard InChI is InChI=1S/C60H70F2N10O8/c1-3-42-45(61)8-6-39-26-41(73)28-43(50(39)42)52-51(62)53-44(29-63-52)54(70-20-4-17-59(32-70)33-78-34-59)66-56(65-53)80-35-60-18-5-21-71(60)40(12-19-60)31-79-58(77)69-24-13-36(14-25-69)30-68-22-15-37(16-23-68)38-7-9-46-48(27-38)67(2)57(76)72(46)47-10-11-49(74)64-55(47)75/h6-9,26-29,36-37,40,47,73H,3-5,10-25,30-35H2,1-2H3,(H,64,74,75)/t40-,47?,60-/m0/s1. The minimum atomic E-state index is -0.706. The van der Waals surface area contributed by atoms with Crippen LogP contribution < -0.4 is 20.6 Å². The fourth-order valence-electron chi connectivity index (χ4n) is 14.8. The normalized spacial score (nSPS) is 24.1. The Balaban J connectivity index is 0.633. The van der Waals surface area contributed by atoms with E-state index < -0.39 is 23.6 Å². The number of hydrogen-bond acceptors (Lipinski definition) is 14. The van der Waals surface area contributed by atoms with Gasteiger partial charge in [-0.3, -0.25) is 33.9 Å².